The quantitative estimate of drug-likeness (QED) is 0.611. The van der Waals surface area contributed by atoms with Crippen LogP contribution in [0.4, 0.5) is 4.39 Å². The molecule has 0 bridgehead atoms. The maximum absolute atomic E-state index is 12.8. The van der Waals surface area contributed by atoms with Crippen LogP contribution in [-0.2, 0) is 0 Å². The van der Waals surface area contributed by atoms with Crippen LogP contribution in [0.15, 0.2) is 30.3 Å². The third-order valence-electron chi connectivity index (χ3n) is 2.80. The monoisotopic (exact) mass is 177 g/mol. The van der Waals surface area contributed by atoms with E-state index in [4.69, 9.17) is 0 Å². The van der Waals surface area contributed by atoms with Gasteiger partial charge in [-0.1, -0.05) is 30.3 Å². The van der Waals surface area contributed by atoms with E-state index in [1.54, 1.807) is 0 Å². The highest BCUT2D eigenvalue weighted by molar-refractivity contribution is 5.20. The molecule has 0 aliphatic heterocycles. The molecule has 2 rings (SSSR count). The average Bonchev–Trinajstić information content (AvgIpc) is 2.20. The summed E-state index contributed by atoms with van der Waals surface area (Å²) < 4.78 is 12.8. The van der Waals surface area contributed by atoms with Gasteiger partial charge < -0.3 is 0 Å². The van der Waals surface area contributed by atoms with Crippen molar-refractivity contribution in [2.24, 2.45) is 0 Å². The van der Waals surface area contributed by atoms with Gasteiger partial charge >= 0.3 is 0 Å². The Labute approximate surface area is 78.8 Å². The molecule has 0 spiro atoms. The van der Waals surface area contributed by atoms with Crippen molar-refractivity contribution in [1.82, 2.24) is 0 Å². The van der Waals surface area contributed by atoms with E-state index in [-0.39, 0.29) is 6.17 Å². The summed E-state index contributed by atoms with van der Waals surface area (Å²) in [5.74, 6) is 0.584. The zero-order valence-electron chi connectivity index (χ0n) is 7.67. The van der Waals surface area contributed by atoms with E-state index in [1.807, 2.05) is 6.07 Å². The fraction of sp³-hybridized carbons (Fsp3) is 0.417. The molecule has 1 saturated carbocycles. The summed E-state index contributed by atoms with van der Waals surface area (Å²) in [7, 11) is 0. The van der Waals surface area contributed by atoms with Crippen molar-refractivity contribution in [3.05, 3.63) is 42.1 Å². The normalized spacial score (nSPS) is 20.4. The summed E-state index contributed by atoms with van der Waals surface area (Å²) in [5, 5.41) is 0. The van der Waals surface area contributed by atoms with Gasteiger partial charge in [0.15, 0.2) is 0 Å². The Hall–Kier alpha value is -0.850. The van der Waals surface area contributed by atoms with Gasteiger partial charge in [0.25, 0.3) is 0 Å². The summed E-state index contributed by atoms with van der Waals surface area (Å²) in [6.07, 6.45) is 3.48. The zero-order valence-corrected chi connectivity index (χ0v) is 7.67. The first-order chi connectivity index (χ1) is 6.36. The van der Waals surface area contributed by atoms with Crippen molar-refractivity contribution in [1.29, 1.82) is 0 Å². The lowest BCUT2D eigenvalue weighted by molar-refractivity contribution is 0.341. The van der Waals surface area contributed by atoms with E-state index in [0.29, 0.717) is 18.8 Å². The minimum atomic E-state index is 0.187. The number of hydrogen-bond donors (Lipinski definition) is 0. The van der Waals surface area contributed by atoms with Crippen LogP contribution in [0.5, 0.6) is 0 Å². The third-order valence-corrected chi connectivity index (χ3v) is 2.80. The van der Waals surface area contributed by atoms with Gasteiger partial charge in [0, 0.05) is 0 Å². The van der Waals surface area contributed by atoms with E-state index in [1.165, 1.54) is 5.56 Å². The second-order valence-corrected chi connectivity index (χ2v) is 3.70. The fourth-order valence-electron chi connectivity index (χ4n) is 1.99. The molecule has 0 nitrogen and oxygen atoms in total. The van der Waals surface area contributed by atoms with Crippen LogP contribution in [-0.4, -0.2) is 0 Å². The Balaban J connectivity index is 2.03. The molecule has 0 aromatic heterocycles. The largest absolute Gasteiger partial charge is 0.240 e. The molecule has 1 aliphatic carbocycles. The van der Waals surface area contributed by atoms with E-state index in [0.717, 1.165) is 12.8 Å². The first-order valence-electron chi connectivity index (χ1n) is 4.91. The molecule has 1 radical (unpaired) electrons. The SMILES string of the molecule is F[C]1CCC(c2ccccc2)CC1. The lowest BCUT2D eigenvalue weighted by atomic mass is 9.83. The van der Waals surface area contributed by atoms with Crippen molar-refractivity contribution in [3.63, 3.8) is 0 Å². The van der Waals surface area contributed by atoms with E-state index < -0.39 is 0 Å². The standard InChI is InChI=1S/C12H14F/c13-12-8-6-11(7-9-12)10-4-2-1-3-5-10/h1-5,11H,6-9H2. The van der Waals surface area contributed by atoms with Gasteiger partial charge in [-0.25, -0.2) is 4.39 Å². The summed E-state index contributed by atoms with van der Waals surface area (Å²) in [4.78, 5) is 0. The Bertz CT molecular complexity index is 247. The number of rotatable bonds is 1. The minimum Gasteiger partial charge on any atom is -0.240 e. The van der Waals surface area contributed by atoms with Crippen molar-refractivity contribution >= 4 is 0 Å². The van der Waals surface area contributed by atoms with Gasteiger partial charge in [-0.05, 0) is 37.2 Å². The average molecular weight is 177 g/mol. The molecule has 0 heterocycles. The highest BCUT2D eigenvalue weighted by atomic mass is 19.1. The fourth-order valence-corrected chi connectivity index (χ4v) is 1.99. The predicted octanol–water partition coefficient (Wildman–Crippen LogP) is 3.85. The van der Waals surface area contributed by atoms with Crippen LogP contribution in [0.3, 0.4) is 0 Å². The number of benzene rings is 1. The molecule has 0 saturated heterocycles. The van der Waals surface area contributed by atoms with E-state index in [2.05, 4.69) is 24.3 Å². The smallest absolute Gasteiger partial charge is 0.144 e. The highest BCUT2D eigenvalue weighted by Crippen LogP contribution is 2.36. The van der Waals surface area contributed by atoms with E-state index in [9.17, 15) is 4.39 Å². The maximum atomic E-state index is 12.8. The Morgan fingerprint density at radius 1 is 1.00 bits per heavy atom. The molecule has 1 fully saturated rings. The van der Waals surface area contributed by atoms with Gasteiger partial charge in [0.1, 0.15) is 6.17 Å². The summed E-state index contributed by atoms with van der Waals surface area (Å²) in [6, 6.07) is 10.4. The van der Waals surface area contributed by atoms with Crippen LogP contribution in [0, 0.1) is 6.17 Å². The summed E-state index contributed by atoms with van der Waals surface area (Å²) in [6.45, 7) is 0. The molecular weight excluding hydrogens is 163 g/mol. The molecule has 0 unspecified atom stereocenters. The summed E-state index contributed by atoms with van der Waals surface area (Å²) >= 11 is 0. The first-order valence-corrected chi connectivity index (χ1v) is 4.91. The molecule has 13 heavy (non-hydrogen) atoms. The molecule has 69 valence electrons. The molecule has 1 heteroatoms. The van der Waals surface area contributed by atoms with Gasteiger partial charge in [-0.3, -0.25) is 0 Å². The third kappa shape index (κ3) is 2.09. The zero-order chi connectivity index (χ0) is 9.10. The molecule has 0 amide bonds. The Kier molecular flexibility index (Phi) is 2.62. The Morgan fingerprint density at radius 3 is 2.23 bits per heavy atom. The maximum Gasteiger partial charge on any atom is 0.144 e. The van der Waals surface area contributed by atoms with Gasteiger partial charge in [0.05, 0.1) is 0 Å². The molecule has 1 aromatic rings. The van der Waals surface area contributed by atoms with Crippen molar-refractivity contribution in [3.8, 4) is 0 Å². The number of halogens is 1. The Morgan fingerprint density at radius 2 is 1.62 bits per heavy atom. The van der Waals surface area contributed by atoms with Crippen molar-refractivity contribution in [2.45, 2.75) is 31.6 Å². The molecule has 1 aromatic carbocycles. The van der Waals surface area contributed by atoms with E-state index >= 15 is 0 Å². The summed E-state index contributed by atoms with van der Waals surface area (Å²) in [5.41, 5.74) is 1.37. The van der Waals surface area contributed by atoms with Crippen LogP contribution in [0.2, 0.25) is 0 Å². The lowest BCUT2D eigenvalue weighted by Crippen LogP contribution is -2.08. The lowest BCUT2D eigenvalue weighted by Gasteiger charge is -2.23. The number of hydrogen-bond acceptors (Lipinski definition) is 0. The van der Waals surface area contributed by atoms with Crippen LogP contribution >= 0.6 is 0 Å². The van der Waals surface area contributed by atoms with Crippen LogP contribution in [0.1, 0.15) is 37.2 Å². The van der Waals surface area contributed by atoms with Gasteiger partial charge in [-0.15, -0.1) is 0 Å². The topological polar surface area (TPSA) is 0 Å². The molecule has 1 aliphatic rings. The molecule has 0 atom stereocenters. The van der Waals surface area contributed by atoms with Gasteiger partial charge in [0.2, 0.25) is 0 Å². The van der Waals surface area contributed by atoms with Crippen LogP contribution < -0.4 is 0 Å². The van der Waals surface area contributed by atoms with Gasteiger partial charge in [-0.2, -0.15) is 0 Å². The predicted molar refractivity (Wildman–Crippen MR) is 52.0 cm³/mol. The van der Waals surface area contributed by atoms with Crippen molar-refractivity contribution < 1.29 is 4.39 Å². The first kappa shape index (κ1) is 8.74. The highest BCUT2D eigenvalue weighted by Gasteiger charge is 2.22. The second kappa shape index (κ2) is 3.91. The molecule has 0 N–H and O–H groups in total. The second-order valence-electron chi connectivity index (χ2n) is 3.70. The van der Waals surface area contributed by atoms with Crippen molar-refractivity contribution in [2.75, 3.05) is 0 Å². The van der Waals surface area contributed by atoms with Crippen LogP contribution in [0.25, 0.3) is 0 Å². The minimum absolute atomic E-state index is 0.187. The molecular formula is C12H14F.